The van der Waals surface area contributed by atoms with Gasteiger partial charge in [-0.15, -0.1) is 0 Å². The molecule has 0 fully saturated rings. The number of hydrogen-bond acceptors (Lipinski definition) is 4. The summed E-state index contributed by atoms with van der Waals surface area (Å²) in [6, 6.07) is 8.18. The Morgan fingerprint density at radius 1 is 1.25 bits per heavy atom. The number of benzene rings is 2. The zero-order valence-electron chi connectivity index (χ0n) is 13.2. The first kappa shape index (κ1) is 18.2. The maximum atomic E-state index is 11.1. The summed E-state index contributed by atoms with van der Waals surface area (Å²) in [6.07, 6.45) is 0. The van der Waals surface area contributed by atoms with E-state index >= 15 is 0 Å². The van der Waals surface area contributed by atoms with Gasteiger partial charge in [-0.2, -0.15) is 0 Å². The van der Waals surface area contributed by atoms with Crippen molar-refractivity contribution in [2.75, 3.05) is 19.0 Å². The van der Waals surface area contributed by atoms with Crippen LogP contribution < -0.4 is 14.8 Å². The number of rotatable bonds is 7. The van der Waals surface area contributed by atoms with Crippen LogP contribution in [0.15, 0.2) is 30.3 Å². The summed E-state index contributed by atoms with van der Waals surface area (Å²) in [7, 11) is 1.55. The highest BCUT2D eigenvalue weighted by Gasteiger charge is 2.14. The Labute approximate surface area is 150 Å². The van der Waals surface area contributed by atoms with Gasteiger partial charge in [0.1, 0.15) is 0 Å². The molecule has 0 aliphatic carbocycles. The lowest BCUT2D eigenvalue weighted by atomic mass is 10.1. The van der Waals surface area contributed by atoms with Gasteiger partial charge >= 0.3 is 5.97 Å². The van der Waals surface area contributed by atoms with Crippen LogP contribution >= 0.6 is 23.2 Å². The Hall–Kier alpha value is -2.11. The molecule has 0 heterocycles. The molecular formula is C17H17Cl2NO4. The van der Waals surface area contributed by atoms with Crippen molar-refractivity contribution in [2.45, 2.75) is 13.5 Å². The number of ether oxygens (including phenoxy) is 2. The van der Waals surface area contributed by atoms with Crippen LogP contribution in [0.1, 0.15) is 22.8 Å². The van der Waals surface area contributed by atoms with E-state index < -0.39 is 5.97 Å². The fraction of sp³-hybridized carbons (Fsp3) is 0.235. The average molecular weight is 370 g/mol. The molecule has 2 N–H and O–H groups in total. The highest BCUT2D eigenvalue weighted by molar-refractivity contribution is 6.33. The summed E-state index contributed by atoms with van der Waals surface area (Å²) in [6.45, 7) is 2.74. The molecule has 0 aromatic heterocycles. The third-order valence-corrected chi connectivity index (χ3v) is 3.83. The molecule has 0 saturated carbocycles. The molecule has 0 bridgehead atoms. The SMILES string of the molecule is CCOc1c(CNc2ccc(Cl)c(C(=O)O)c2)cc(Cl)cc1OC. The topological polar surface area (TPSA) is 67.8 Å². The maximum Gasteiger partial charge on any atom is 0.337 e. The summed E-state index contributed by atoms with van der Waals surface area (Å²) in [4.78, 5) is 11.1. The number of methoxy groups -OCH3 is 1. The zero-order valence-corrected chi connectivity index (χ0v) is 14.7. The van der Waals surface area contributed by atoms with E-state index in [1.54, 1.807) is 25.3 Å². The maximum absolute atomic E-state index is 11.1. The van der Waals surface area contributed by atoms with Crippen LogP contribution in [0, 0.1) is 0 Å². The summed E-state index contributed by atoms with van der Waals surface area (Å²) < 4.78 is 10.9. The predicted molar refractivity (Wildman–Crippen MR) is 94.9 cm³/mol. The van der Waals surface area contributed by atoms with Crippen LogP contribution in [0.4, 0.5) is 5.69 Å². The number of anilines is 1. The summed E-state index contributed by atoms with van der Waals surface area (Å²) in [5.41, 5.74) is 1.46. The predicted octanol–water partition coefficient (Wildman–Crippen LogP) is 4.71. The van der Waals surface area contributed by atoms with E-state index in [1.165, 1.54) is 12.1 Å². The molecule has 7 heteroatoms. The van der Waals surface area contributed by atoms with Crippen molar-refractivity contribution in [1.29, 1.82) is 0 Å². The molecule has 0 unspecified atom stereocenters. The van der Waals surface area contributed by atoms with Crippen LogP contribution in [0.25, 0.3) is 0 Å². The van der Waals surface area contributed by atoms with Crippen LogP contribution in [0.3, 0.4) is 0 Å². The van der Waals surface area contributed by atoms with Gasteiger partial charge in [0, 0.05) is 28.9 Å². The highest BCUT2D eigenvalue weighted by atomic mass is 35.5. The van der Waals surface area contributed by atoms with Crippen LogP contribution in [-0.2, 0) is 6.54 Å². The Morgan fingerprint density at radius 2 is 2.00 bits per heavy atom. The van der Waals surface area contributed by atoms with Crippen molar-refractivity contribution in [3.63, 3.8) is 0 Å². The van der Waals surface area contributed by atoms with Crippen molar-refractivity contribution in [3.8, 4) is 11.5 Å². The average Bonchev–Trinajstić information content (AvgIpc) is 2.55. The highest BCUT2D eigenvalue weighted by Crippen LogP contribution is 2.35. The number of aromatic carboxylic acids is 1. The van der Waals surface area contributed by atoms with Gasteiger partial charge in [-0.3, -0.25) is 0 Å². The van der Waals surface area contributed by atoms with Gasteiger partial charge in [-0.25, -0.2) is 4.79 Å². The summed E-state index contributed by atoms with van der Waals surface area (Å²) in [5.74, 6) is 0.0656. The number of carboxylic acids is 1. The monoisotopic (exact) mass is 369 g/mol. The standard InChI is InChI=1S/C17H17Cl2NO4/c1-3-24-16-10(6-11(18)7-15(16)23-2)9-20-12-4-5-14(19)13(8-12)17(21)22/h4-8,20H,3,9H2,1-2H3,(H,21,22). The van der Waals surface area contributed by atoms with E-state index in [0.717, 1.165) is 5.56 Å². The normalized spacial score (nSPS) is 10.3. The first-order chi connectivity index (χ1) is 11.5. The molecule has 5 nitrogen and oxygen atoms in total. The summed E-state index contributed by atoms with van der Waals surface area (Å²) in [5, 5.41) is 13.0. The number of halogens is 2. The molecule has 0 spiro atoms. The fourth-order valence-electron chi connectivity index (χ4n) is 2.21. The van der Waals surface area contributed by atoms with Gasteiger partial charge < -0.3 is 19.9 Å². The van der Waals surface area contributed by atoms with Crippen molar-refractivity contribution in [3.05, 3.63) is 51.5 Å². The molecular weight excluding hydrogens is 353 g/mol. The van der Waals surface area contributed by atoms with E-state index in [-0.39, 0.29) is 10.6 Å². The molecule has 24 heavy (non-hydrogen) atoms. The minimum absolute atomic E-state index is 0.0374. The molecule has 0 aliphatic heterocycles. The first-order valence-corrected chi connectivity index (χ1v) is 7.97. The van der Waals surface area contributed by atoms with Gasteiger partial charge in [0.25, 0.3) is 0 Å². The fourth-order valence-corrected chi connectivity index (χ4v) is 2.64. The van der Waals surface area contributed by atoms with Gasteiger partial charge in [-0.1, -0.05) is 23.2 Å². The molecule has 0 atom stereocenters. The molecule has 2 aromatic carbocycles. The summed E-state index contributed by atoms with van der Waals surface area (Å²) >= 11 is 12.0. The number of carbonyl (C=O) groups is 1. The Bertz CT molecular complexity index is 750. The Kier molecular flexibility index (Phi) is 6.17. The molecule has 0 aliphatic rings. The quantitative estimate of drug-likeness (QED) is 0.739. The van der Waals surface area contributed by atoms with Gasteiger partial charge in [0.05, 0.1) is 24.3 Å². The zero-order chi connectivity index (χ0) is 17.7. The first-order valence-electron chi connectivity index (χ1n) is 7.22. The van der Waals surface area contributed by atoms with Gasteiger partial charge in [-0.05, 0) is 31.2 Å². The third kappa shape index (κ3) is 4.24. The van der Waals surface area contributed by atoms with Crippen molar-refractivity contribution in [2.24, 2.45) is 0 Å². The molecule has 0 saturated heterocycles. The van der Waals surface area contributed by atoms with E-state index in [1.807, 2.05) is 6.92 Å². The largest absolute Gasteiger partial charge is 0.493 e. The number of carboxylic acid groups (broad SMARTS) is 1. The van der Waals surface area contributed by atoms with Crippen molar-refractivity contribution < 1.29 is 19.4 Å². The molecule has 2 rings (SSSR count). The lowest BCUT2D eigenvalue weighted by Gasteiger charge is -2.16. The number of hydrogen-bond donors (Lipinski definition) is 2. The Balaban J connectivity index is 2.27. The van der Waals surface area contributed by atoms with E-state index in [4.69, 9.17) is 37.8 Å². The smallest absolute Gasteiger partial charge is 0.337 e. The van der Waals surface area contributed by atoms with Crippen LogP contribution in [0.5, 0.6) is 11.5 Å². The molecule has 0 amide bonds. The van der Waals surface area contributed by atoms with Gasteiger partial charge in [0.15, 0.2) is 11.5 Å². The second kappa shape index (κ2) is 8.13. The van der Waals surface area contributed by atoms with E-state index in [9.17, 15) is 4.79 Å². The van der Waals surface area contributed by atoms with Crippen molar-refractivity contribution in [1.82, 2.24) is 0 Å². The lowest BCUT2D eigenvalue weighted by Crippen LogP contribution is -2.06. The van der Waals surface area contributed by atoms with Crippen LogP contribution in [0.2, 0.25) is 10.0 Å². The van der Waals surface area contributed by atoms with E-state index in [0.29, 0.717) is 35.4 Å². The third-order valence-electron chi connectivity index (χ3n) is 3.28. The Morgan fingerprint density at radius 3 is 2.62 bits per heavy atom. The second-order valence-corrected chi connectivity index (χ2v) is 5.73. The lowest BCUT2D eigenvalue weighted by molar-refractivity contribution is 0.0697. The molecule has 0 radical (unpaired) electrons. The minimum Gasteiger partial charge on any atom is -0.493 e. The minimum atomic E-state index is -1.08. The van der Waals surface area contributed by atoms with Crippen LogP contribution in [-0.4, -0.2) is 24.8 Å². The van der Waals surface area contributed by atoms with Gasteiger partial charge in [0.2, 0.25) is 0 Å². The van der Waals surface area contributed by atoms with E-state index in [2.05, 4.69) is 5.32 Å². The second-order valence-electron chi connectivity index (χ2n) is 4.88. The molecule has 128 valence electrons. The van der Waals surface area contributed by atoms with Crippen molar-refractivity contribution >= 4 is 34.9 Å². The molecule has 2 aromatic rings. The number of nitrogens with one attached hydrogen (secondary N) is 1.